The summed E-state index contributed by atoms with van der Waals surface area (Å²) in [6, 6.07) is 6.63. The molecule has 0 amide bonds. The first-order valence-corrected chi connectivity index (χ1v) is 8.04. The molecule has 1 aromatic carbocycles. The van der Waals surface area contributed by atoms with Gasteiger partial charge in [0.1, 0.15) is 13.2 Å². The molecule has 9 heteroatoms. The molecule has 0 spiro atoms. The number of fused-ring (bicyclic) bond motifs is 1. The highest BCUT2D eigenvalue weighted by atomic mass is 32.2. The Labute approximate surface area is 131 Å². The zero-order valence-electron chi connectivity index (χ0n) is 11.7. The van der Waals surface area contributed by atoms with Gasteiger partial charge in [-0.15, -0.1) is 0 Å². The third-order valence-electron chi connectivity index (χ3n) is 3.05. The van der Waals surface area contributed by atoms with E-state index in [1.807, 2.05) is 0 Å². The van der Waals surface area contributed by atoms with Gasteiger partial charge in [0.15, 0.2) is 11.5 Å². The third kappa shape index (κ3) is 3.19. The van der Waals surface area contributed by atoms with Crippen molar-refractivity contribution in [1.82, 2.24) is 4.98 Å². The van der Waals surface area contributed by atoms with E-state index < -0.39 is 16.0 Å². The molecule has 1 N–H and O–H groups in total. The van der Waals surface area contributed by atoms with Crippen molar-refractivity contribution in [2.75, 3.05) is 17.9 Å². The number of anilines is 1. The topological polar surface area (TPSA) is 118 Å². The highest BCUT2D eigenvalue weighted by Crippen LogP contribution is 2.32. The van der Waals surface area contributed by atoms with Crippen molar-refractivity contribution in [3.63, 3.8) is 0 Å². The molecule has 2 aromatic rings. The molecule has 1 aliphatic heterocycles. The normalized spacial score (nSPS) is 13.4. The standard InChI is InChI=1S/C14H12N2O6S/c17-14(18)11-7-9(3-4-15-11)16-23(19,20)10-1-2-12-13(8-10)22-6-5-21-12/h1-4,7-8H,5-6H2,(H,15,16)(H,17,18)/p-1. The number of carboxylic acid groups (broad SMARTS) is 1. The van der Waals surface area contributed by atoms with Crippen LogP contribution < -0.4 is 19.3 Å². The van der Waals surface area contributed by atoms with Gasteiger partial charge in [0, 0.05) is 12.3 Å². The molecular weight excluding hydrogens is 324 g/mol. The maximum absolute atomic E-state index is 12.4. The second kappa shape index (κ2) is 5.76. The molecule has 0 saturated heterocycles. The van der Waals surface area contributed by atoms with Crippen molar-refractivity contribution in [3.8, 4) is 11.5 Å². The number of nitrogens with zero attached hydrogens (tertiary/aromatic N) is 1. The molecule has 0 saturated carbocycles. The SMILES string of the molecule is O=C([O-])c1cc(NS(=O)(=O)c2ccc3c(c2)OCCO3)ccn1. The molecule has 0 radical (unpaired) electrons. The van der Waals surface area contributed by atoms with Crippen LogP contribution in [0.15, 0.2) is 41.4 Å². The minimum Gasteiger partial charge on any atom is -0.543 e. The van der Waals surface area contributed by atoms with Gasteiger partial charge in [0.2, 0.25) is 0 Å². The van der Waals surface area contributed by atoms with E-state index in [1.54, 1.807) is 0 Å². The fraction of sp³-hybridized carbons (Fsp3) is 0.143. The number of benzene rings is 1. The van der Waals surface area contributed by atoms with E-state index in [9.17, 15) is 18.3 Å². The zero-order chi connectivity index (χ0) is 16.4. The van der Waals surface area contributed by atoms with E-state index in [-0.39, 0.29) is 16.3 Å². The Balaban J connectivity index is 1.90. The largest absolute Gasteiger partial charge is 0.543 e. The number of rotatable bonds is 4. The number of hydrogen-bond donors (Lipinski definition) is 1. The number of nitrogens with one attached hydrogen (secondary N) is 1. The van der Waals surface area contributed by atoms with Crippen LogP contribution in [0.4, 0.5) is 5.69 Å². The highest BCUT2D eigenvalue weighted by molar-refractivity contribution is 7.92. The van der Waals surface area contributed by atoms with Crippen molar-refractivity contribution in [3.05, 3.63) is 42.2 Å². The molecule has 0 unspecified atom stereocenters. The van der Waals surface area contributed by atoms with Crippen LogP contribution in [-0.2, 0) is 10.0 Å². The van der Waals surface area contributed by atoms with Gasteiger partial charge in [0.05, 0.1) is 22.2 Å². The predicted molar refractivity (Wildman–Crippen MR) is 76.8 cm³/mol. The molecule has 2 heterocycles. The van der Waals surface area contributed by atoms with Crippen molar-refractivity contribution in [2.24, 2.45) is 0 Å². The number of carbonyl (C=O) groups is 1. The second-order valence-corrected chi connectivity index (χ2v) is 6.31. The number of carboxylic acids is 1. The van der Waals surface area contributed by atoms with Gasteiger partial charge >= 0.3 is 0 Å². The van der Waals surface area contributed by atoms with E-state index in [1.165, 1.54) is 30.5 Å². The molecule has 0 fully saturated rings. The number of aromatic nitrogens is 1. The van der Waals surface area contributed by atoms with Crippen LogP contribution >= 0.6 is 0 Å². The number of sulfonamides is 1. The first kappa shape index (κ1) is 15.1. The van der Waals surface area contributed by atoms with Crippen LogP contribution in [0, 0.1) is 0 Å². The fourth-order valence-electron chi connectivity index (χ4n) is 2.01. The maximum Gasteiger partial charge on any atom is 0.262 e. The average molecular weight is 335 g/mol. The summed E-state index contributed by atoms with van der Waals surface area (Å²) in [6.45, 7) is 0.740. The van der Waals surface area contributed by atoms with E-state index in [0.717, 1.165) is 6.07 Å². The number of ether oxygens (including phenoxy) is 2. The van der Waals surface area contributed by atoms with Crippen LogP contribution in [0.5, 0.6) is 11.5 Å². The lowest BCUT2D eigenvalue weighted by molar-refractivity contribution is -0.255. The van der Waals surface area contributed by atoms with Crippen LogP contribution in [0.1, 0.15) is 10.5 Å². The summed E-state index contributed by atoms with van der Waals surface area (Å²) in [5.41, 5.74) is -0.304. The molecule has 23 heavy (non-hydrogen) atoms. The van der Waals surface area contributed by atoms with Gasteiger partial charge in [-0.3, -0.25) is 9.71 Å². The summed E-state index contributed by atoms with van der Waals surface area (Å²) >= 11 is 0. The maximum atomic E-state index is 12.4. The molecular formula is C14H11N2O6S-. The Hall–Kier alpha value is -2.81. The van der Waals surface area contributed by atoms with Crippen LogP contribution in [0.25, 0.3) is 0 Å². The van der Waals surface area contributed by atoms with Crippen molar-refractivity contribution in [2.45, 2.75) is 4.90 Å². The van der Waals surface area contributed by atoms with Crippen LogP contribution in [0.2, 0.25) is 0 Å². The predicted octanol–water partition coefficient (Wildman–Crippen LogP) is 0.0171. The second-order valence-electron chi connectivity index (χ2n) is 4.63. The molecule has 1 aromatic heterocycles. The van der Waals surface area contributed by atoms with E-state index >= 15 is 0 Å². The lowest BCUT2D eigenvalue weighted by Crippen LogP contribution is -2.24. The van der Waals surface area contributed by atoms with Gasteiger partial charge in [0.25, 0.3) is 10.0 Å². The summed E-state index contributed by atoms with van der Waals surface area (Å²) in [5.74, 6) is -0.687. The Morgan fingerprint density at radius 2 is 1.87 bits per heavy atom. The molecule has 1 aliphatic rings. The summed E-state index contributed by atoms with van der Waals surface area (Å²) in [5, 5.41) is 10.8. The van der Waals surface area contributed by atoms with Gasteiger partial charge in [-0.05, 0) is 24.3 Å². The van der Waals surface area contributed by atoms with Gasteiger partial charge in [-0.2, -0.15) is 0 Å². The Bertz CT molecular complexity index is 865. The van der Waals surface area contributed by atoms with E-state index in [2.05, 4.69) is 9.71 Å². The lowest BCUT2D eigenvalue weighted by atomic mass is 10.3. The number of hydrogen-bond acceptors (Lipinski definition) is 7. The summed E-state index contributed by atoms with van der Waals surface area (Å²) in [6.07, 6.45) is 1.17. The van der Waals surface area contributed by atoms with Gasteiger partial charge < -0.3 is 19.4 Å². The lowest BCUT2D eigenvalue weighted by Gasteiger charge is -2.19. The summed E-state index contributed by atoms with van der Waals surface area (Å²) < 4.78 is 37.7. The third-order valence-corrected chi connectivity index (χ3v) is 4.42. The van der Waals surface area contributed by atoms with Crippen molar-refractivity contribution >= 4 is 21.7 Å². The first-order chi connectivity index (χ1) is 11.0. The summed E-state index contributed by atoms with van der Waals surface area (Å²) in [4.78, 5) is 14.3. The molecule has 0 bridgehead atoms. The Kier molecular flexibility index (Phi) is 3.78. The number of pyridine rings is 1. The Morgan fingerprint density at radius 3 is 2.61 bits per heavy atom. The van der Waals surface area contributed by atoms with Crippen molar-refractivity contribution < 1.29 is 27.8 Å². The highest BCUT2D eigenvalue weighted by Gasteiger charge is 2.19. The Morgan fingerprint density at radius 1 is 1.13 bits per heavy atom. The van der Waals surface area contributed by atoms with Crippen molar-refractivity contribution in [1.29, 1.82) is 0 Å². The van der Waals surface area contributed by atoms with Gasteiger partial charge in [-0.1, -0.05) is 0 Å². The summed E-state index contributed by atoms with van der Waals surface area (Å²) in [7, 11) is -3.92. The van der Waals surface area contributed by atoms with Gasteiger partial charge in [-0.25, -0.2) is 8.42 Å². The monoisotopic (exact) mass is 335 g/mol. The van der Waals surface area contributed by atoms with Crippen LogP contribution in [-0.4, -0.2) is 32.6 Å². The molecule has 0 aliphatic carbocycles. The average Bonchev–Trinajstić information content (AvgIpc) is 2.54. The van der Waals surface area contributed by atoms with E-state index in [4.69, 9.17) is 9.47 Å². The van der Waals surface area contributed by atoms with E-state index in [0.29, 0.717) is 24.7 Å². The smallest absolute Gasteiger partial charge is 0.262 e. The minimum atomic E-state index is -3.92. The van der Waals surface area contributed by atoms with Crippen LogP contribution in [0.3, 0.4) is 0 Å². The molecule has 3 rings (SSSR count). The zero-order valence-corrected chi connectivity index (χ0v) is 12.5. The quantitative estimate of drug-likeness (QED) is 0.836. The first-order valence-electron chi connectivity index (χ1n) is 6.55. The fourth-order valence-corrected chi connectivity index (χ4v) is 3.08. The molecule has 120 valence electrons. The molecule has 0 atom stereocenters. The minimum absolute atomic E-state index is 0.0337. The number of aromatic carboxylic acids is 1. The number of carbonyl (C=O) groups excluding carboxylic acids is 1. The molecule has 8 nitrogen and oxygen atoms in total.